The zero-order chi connectivity index (χ0) is 11.4. The molecule has 0 unspecified atom stereocenters. The lowest BCUT2D eigenvalue weighted by molar-refractivity contribution is 0.368. The van der Waals surface area contributed by atoms with E-state index in [-0.39, 0.29) is 0 Å². The molecule has 86 valence electrons. The predicted molar refractivity (Wildman–Crippen MR) is 57.7 cm³/mol. The van der Waals surface area contributed by atoms with E-state index in [0.29, 0.717) is 18.3 Å². The predicted octanol–water partition coefficient (Wildman–Crippen LogP) is 0.318. The topological polar surface area (TPSA) is 82.8 Å². The number of hydrogen-bond donors (Lipinski definition) is 1. The van der Waals surface area contributed by atoms with E-state index in [2.05, 4.69) is 19.7 Å². The number of nitrogens with two attached hydrogens (primary N) is 1. The highest BCUT2D eigenvalue weighted by molar-refractivity contribution is 4.99. The van der Waals surface area contributed by atoms with Gasteiger partial charge in [0.25, 0.3) is 0 Å². The number of aromatic nitrogens is 4. The van der Waals surface area contributed by atoms with Crippen LogP contribution in [-0.4, -0.2) is 26.2 Å². The highest BCUT2D eigenvalue weighted by Crippen LogP contribution is 2.03. The van der Waals surface area contributed by atoms with Crippen molar-refractivity contribution in [2.24, 2.45) is 5.73 Å². The molecule has 0 atom stereocenters. The quantitative estimate of drug-likeness (QED) is 0.786. The standard InChI is InChI=1S/C10H15N5O/c1-8-13-10(16-14-8)3-5-15-7-12-6-9(15)2-4-11/h6-7H,2-5,11H2,1H3. The fourth-order valence-electron chi connectivity index (χ4n) is 1.56. The first-order valence-corrected chi connectivity index (χ1v) is 5.28. The third-order valence-corrected chi connectivity index (χ3v) is 2.34. The average molecular weight is 221 g/mol. The minimum atomic E-state index is 0.630. The molecule has 0 saturated carbocycles. The van der Waals surface area contributed by atoms with Crippen molar-refractivity contribution in [3.8, 4) is 0 Å². The summed E-state index contributed by atoms with van der Waals surface area (Å²) in [5.74, 6) is 1.33. The first kappa shape index (κ1) is 10.8. The molecule has 2 aromatic rings. The lowest BCUT2D eigenvalue weighted by Crippen LogP contribution is -2.09. The maximum Gasteiger partial charge on any atom is 0.228 e. The molecule has 0 saturated heterocycles. The van der Waals surface area contributed by atoms with Crippen LogP contribution < -0.4 is 5.73 Å². The molecule has 0 radical (unpaired) electrons. The molecule has 0 amide bonds. The molecule has 6 heteroatoms. The van der Waals surface area contributed by atoms with Crippen molar-refractivity contribution in [1.29, 1.82) is 0 Å². The third-order valence-electron chi connectivity index (χ3n) is 2.34. The van der Waals surface area contributed by atoms with E-state index >= 15 is 0 Å². The van der Waals surface area contributed by atoms with Gasteiger partial charge in [-0.1, -0.05) is 5.16 Å². The van der Waals surface area contributed by atoms with Crippen molar-refractivity contribution >= 4 is 0 Å². The first-order valence-electron chi connectivity index (χ1n) is 5.28. The van der Waals surface area contributed by atoms with Crippen LogP contribution in [0.3, 0.4) is 0 Å². The van der Waals surface area contributed by atoms with E-state index in [1.165, 1.54) is 0 Å². The maximum absolute atomic E-state index is 5.52. The normalized spacial score (nSPS) is 10.9. The fraction of sp³-hybridized carbons (Fsp3) is 0.500. The zero-order valence-electron chi connectivity index (χ0n) is 9.26. The summed E-state index contributed by atoms with van der Waals surface area (Å²) in [6.45, 7) is 3.23. The summed E-state index contributed by atoms with van der Waals surface area (Å²) in [6.07, 6.45) is 5.19. The van der Waals surface area contributed by atoms with Gasteiger partial charge in [0.05, 0.1) is 6.33 Å². The Bertz CT molecular complexity index is 448. The van der Waals surface area contributed by atoms with Crippen molar-refractivity contribution < 1.29 is 4.52 Å². The summed E-state index contributed by atoms with van der Waals surface area (Å²) in [6, 6.07) is 0. The number of rotatable bonds is 5. The lowest BCUT2D eigenvalue weighted by atomic mass is 10.3. The maximum atomic E-state index is 5.52. The number of aryl methyl sites for hydroxylation is 3. The van der Waals surface area contributed by atoms with Gasteiger partial charge < -0.3 is 14.8 Å². The Kier molecular flexibility index (Phi) is 3.31. The minimum Gasteiger partial charge on any atom is -0.339 e. The molecular weight excluding hydrogens is 206 g/mol. The van der Waals surface area contributed by atoms with Crippen LogP contribution in [-0.2, 0) is 19.4 Å². The minimum absolute atomic E-state index is 0.630. The SMILES string of the molecule is Cc1noc(CCn2cncc2CCN)n1. The first-order chi connectivity index (χ1) is 7.79. The second kappa shape index (κ2) is 4.89. The fourth-order valence-corrected chi connectivity index (χ4v) is 1.56. The van der Waals surface area contributed by atoms with Gasteiger partial charge >= 0.3 is 0 Å². The van der Waals surface area contributed by atoms with Gasteiger partial charge in [-0.05, 0) is 13.5 Å². The number of imidazole rings is 1. The number of hydrogen-bond acceptors (Lipinski definition) is 5. The second-order valence-electron chi connectivity index (χ2n) is 3.60. The van der Waals surface area contributed by atoms with Crippen LogP contribution in [0.1, 0.15) is 17.4 Å². The molecular formula is C10H15N5O. The lowest BCUT2D eigenvalue weighted by Gasteiger charge is -2.04. The average Bonchev–Trinajstić information content (AvgIpc) is 2.85. The Morgan fingerprint density at radius 3 is 3.00 bits per heavy atom. The molecule has 0 aliphatic heterocycles. The molecule has 0 fully saturated rings. The van der Waals surface area contributed by atoms with Crippen LogP contribution in [0.2, 0.25) is 0 Å². The molecule has 16 heavy (non-hydrogen) atoms. The Morgan fingerprint density at radius 1 is 1.44 bits per heavy atom. The summed E-state index contributed by atoms with van der Waals surface area (Å²) < 4.78 is 7.10. The van der Waals surface area contributed by atoms with Crippen molar-refractivity contribution in [1.82, 2.24) is 19.7 Å². The van der Waals surface area contributed by atoms with Gasteiger partial charge in [-0.15, -0.1) is 0 Å². The second-order valence-corrected chi connectivity index (χ2v) is 3.60. The van der Waals surface area contributed by atoms with Gasteiger partial charge in [0.15, 0.2) is 5.82 Å². The van der Waals surface area contributed by atoms with Gasteiger partial charge in [-0.25, -0.2) is 4.98 Å². The molecule has 2 heterocycles. The van der Waals surface area contributed by atoms with E-state index < -0.39 is 0 Å². The largest absolute Gasteiger partial charge is 0.339 e. The molecule has 6 nitrogen and oxygen atoms in total. The molecule has 0 aromatic carbocycles. The smallest absolute Gasteiger partial charge is 0.228 e. The zero-order valence-corrected chi connectivity index (χ0v) is 9.26. The van der Waals surface area contributed by atoms with Gasteiger partial charge in [0.2, 0.25) is 5.89 Å². The molecule has 0 aliphatic rings. The van der Waals surface area contributed by atoms with Crippen molar-refractivity contribution in [3.63, 3.8) is 0 Å². The molecule has 0 aliphatic carbocycles. The molecule has 2 rings (SSSR count). The molecule has 0 spiro atoms. The van der Waals surface area contributed by atoms with Gasteiger partial charge in [0.1, 0.15) is 0 Å². The van der Waals surface area contributed by atoms with Gasteiger partial charge in [-0.3, -0.25) is 0 Å². The van der Waals surface area contributed by atoms with E-state index in [1.54, 1.807) is 6.33 Å². The van der Waals surface area contributed by atoms with Gasteiger partial charge in [0, 0.05) is 31.3 Å². The summed E-state index contributed by atoms with van der Waals surface area (Å²) in [5.41, 5.74) is 6.65. The van der Waals surface area contributed by atoms with E-state index in [1.807, 2.05) is 13.1 Å². The van der Waals surface area contributed by atoms with Crippen LogP contribution in [0.15, 0.2) is 17.0 Å². The van der Waals surface area contributed by atoms with Crippen LogP contribution in [0.25, 0.3) is 0 Å². The van der Waals surface area contributed by atoms with Crippen LogP contribution >= 0.6 is 0 Å². The van der Waals surface area contributed by atoms with Crippen molar-refractivity contribution in [2.75, 3.05) is 6.54 Å². The van der Waals surface area contributed by atoms with Crippen molar-refractivity contribution in [3.05, 3.63) is 29.9 Å². The monoisotopic (exact) mass is 221 g/mol. The summed E-state index contributed by atoms with van der Waals surface area (Å²) >= 11 is 0. The van der Waals surface area contributed by atoms with E-state index in [9.17, 15) is 0 Å². The molecule has 2 N–H and O–H groups in total. The van der Waals surface area contributed by atoms with Crippen LogP contribution in [0.5, 0.6) is 0 Å². The van der Waals surface area contributed by atoms with E-state index in [4.69, 9.17) is 10.3 Å². The summed E-state index contributed by atoms with van der Waals surface area (Å²) in [7, 11) is 0. The Morgan fingerprint density at radius 2 is 2.31 bits per heavy atom. The Hall–Kier alpha value is -1.69. The highest BCUT2D eigenvalue weighted by Gasteiger charge is 2.05. The molecule has 0 bridgehead atoms. The van der Waals surface area contributed by atoms with E-state index in [0.717, 1.165) is 25.1 Å². The van der Waals surface area contributed by atoms with Crippen LogP contribution in [0.4, 0.5) is 0 Å². The highest BCUT2D eigenvalue weighted by atomic mass is 16.5. The van der Waals surface area contributed by atoms with Gasteiger partial charge in [-0.2, -0.15) is 4.98 Å². The number of nitrogens with zero attached hydrogens (tertiary/aromatic N) is 4. The summed E-state index contributed by atoms with van der Waals surface area (Å²) in [4.78, 5) is 8.25. The Balaban J connectivity index is 1.96. The van der Waals surface area contributed by atoms with Crippen molar-refractivity contribution in [2.45, 2.75) is 26.3 Å². The third kappa shape index (κ3) is 2.46. The Labute approximate surface area is 93.5 Å². The van der Waals surface area contributed by atoms with Crippen LogP contribution in [0, 0.1) is 6.92 Å². The summed E-state index contributed by atoms with van der Waals surface area (Å²) in [5, 5.41) is 3.74. The molecule has 2 aromatic heterocycles.